The van der Waals surface area contributed by atoms with Crippen LogP contribution in [0.25, 0.3) is 12.2 Å². The molecule has 0 atom stereocenters. The van der Waals surface area contributed by atoms with Crippen molar-refractivity contribution in [2.24, 2.45) is 5.41 Å². The van der Waals surface area contributed by atoms with Crippen molar-refractivity contribution in [3.8, 4) is 0 Å². The largest absolute Gasteiger partial charge is 0.339 e. The van der Waals surface area contributed by atoms with Gasteiger partial charge in [0.15, 0.2) is 0 Å². The molecule has 0 radical (unpaired) electrons. The summed E-state index contributed by atoms with van der Waals surface area (Å²) in [4.78, 5) is 35.1. The average molecular weight is 409 g/mol. The lowest BCUT2D eigenvalue weighted by atomic mass is 9.82. The Labute approximate surface area is 174 Å². The number of hydrogen-bond acceptors (Lipinski definition) is 5. The molecule has 150 valence electrons. The van der Waals surface area contributed by atoms with Crippen molar-refractivity contribution in [2.75, 3.05) is 18.4 Å². The standard InChI is InChI=1S/C22H24N4O2S/c1-22(2)13-17-11-16(14-24-20(17)25-21(22)28)3-4-19(27)26-8-5-15(6-9-26)12-18-23-7-10-29-18/h3-4,7,10-12,14H,5-6,8-9,13H2,1-2H3,(H,24,25,28)/b4-3+. The first-order valence-corrected chi connectivity index (χ1v) is 10.6. The van der Waals surface area contributed by atoms with Crippen LogP contribution in [-0.4, -0.2) is 39.8 Å². The molecule has 4 rings (SSSR count). The number of nitrogens with one attached hydrogen (secondary N) is 1. The Morgan fingerprint density at radius 1 is 1.28 bits per heavy atom. The van der Waals surface area contributed by atoms with Crippen molar-refractivity contribution in [3.05, 3.63) is 51.6 Å². The molecule has 2 aliphatic rings. The third kappa shape index (κ3) is 4.45. The molecule has 1 fully saturated rings. The number of carbonyl (C=O) groups excluding carboxylic acids is 2. The number of anilines is 1. The number of amides is 2. The zero-order chi connectivity index (χ0) is 20.4. The number of pyridine rings is 1. The summed E-state index contributed by atoms with van der Waals surface area (Å²) in [7, 11) is 0. The van der Waals surface area contributed by atoms with Crippen LogP contribution in [0.1, 0.15) is 42.8 Å². The lowest BCUT2D eigenvalue weighted by molar-refractivity contribution is -0.126. The number of hydrogen-bond donors (Lipinski definition) is 1. The van der Waals surface area contributed by atoms with E-state index in [0.717, 1.165) is 42.1 Å². The van der Waals surface area contributed by atoms with E-state index in [4.69, 9.17) is 0 Å². The number of thiazole rings is 1. The van der Waals surface area contributed by atoms with Gasteiger partial charge in [-0.2, -0.15) is 0 Å². The monoisotopic (exact) mass is 408 g/mol. The van der Waals surface area contributed by atoms with Crippen LogP contribution in [0.4, 0.5) is 5.82 Å². The first-order valence-electron chi connectivity index (χ1n) is 9.77. The van der Waals surface area contributed by atoms with Gasteiger partial charge in [0.2, 0.25) is 11.8 Å². The highest BCUT2D eigenvalue weighted by Gasteiger charge is 2.34. The van der Waals surface area contributed by atoms with Crippen molar-refractivity contribution < 1.29 is 9.59 Å². The Balaban J connectivity index is 1.37. The smallest absolute Gasteiger partial charge is 0.246 e. The number of piperidine rings is 1. The van der Waals surface area contributed by atoms with Gasteiger partial charge in [0, 0.05) is 42.4 Å². The van der Waals surface area contributed by atoms with Gasteiger partial charge in [-0.15, -0.1) is 11.3 Å². The summed E-state index contributed by atoms with van der Waals surface area (Å²) in [6.45, 7) is 5.29. The Morgan fingerprint density at radius 2 is 2.07 bits per heavy atom. The van der Waals surface area contributed by atoms with Crippen molar-refractivity contribution >= 4 is 41.1 Å². The first-order chi connectivity index (χ1) is 13.9. The fraction of sp³-hybridized carbons (Fsp3) is 0.364. The third-order valence-corrected chi connectivity index (χ3v) is 6.10. The molecule has 2 aromatic rings. The zero-order valence-corrected chi connectivity index (χ0v) is 17.5. The van der Waals surface area contributed by atoms with Gasteiger partial charge < -0.3 is 10.2 Å². The van der Waals surface area contributed by atoms with Gasteiger partial charge in [0.1, 0.15) is 10.8 Å². The minimum Gasteiger partial charge on any atom is -0.339 e. The topological polar surface area (TPSA) is 75.2 Å². The van der Waals surface area contributed by atoms with E-state index >= 15 is 0 Å². The van der Waals surface area contributed by atoms with Crippen LogP contribution in [0.2, 0.25) is 0 Å². The molecule has 7 heteroatoms. The van der Waals surface area contributed by atoms with Crippen molar-refractivity contribution in [1.29, 1.82) is 0 Å². The summed E-state index contributed by atoms with van der Waals surface area (Å²) in [5.74, 6) is 0.627. The summed E-state index contributed by atoms with van der Waals surface area (Å²) in [5, 5.41) is 5.85. The van der Waals surface area contributed by atoms with E-state index < -0.39 is 5.41 Å². The van der Waals surface area contributed by atoms with E-state index in [9.17, 15) is 9.59 Å². The van der Waals surface area contributed by atoms with E-state index in [1.165, 1.54) is 5.57 Å². The van der Waals surface area contributed by atoms with Crippen LogP contribution in [-0.2, 0) is 16.0 Å². The lowest BCUT2D eigenvalue weighted by Crippen LogP contribution is -2.37. The van der Waals surface area contributed by atoms with Gasteiger partial charge in [-0.3, -0.25) is 9.59 Å². The van der Waals surface area contributed by atoms with Crippen molar-refractivity contribution in [3.63, 3.8) is 0 Å². The van der Waals surface area contributed by atoms with Crippen LogP contribution in [0, 0.1) is 5.41 Å². The predicted molar refractivity (Wildman–Crippen MR) is 115 cm³/mol. The molecule has 6 nitrogen and oxygen atoms in total. The van der Waals surface area contributed by atoms with Crippen LogP contribution >= 0.6 is 11.3 Å². The van der Waals surface area contributed by atoms with Crippen LogP contribution in [0.5, 0.6) is 0 Å². The zero-order valence-electron chi connectivity index (χ0n) is 16.6. The van der Waals surface area contributed by atoms with Crippen molar-refractivity contribution in [2.45, 2.75) is 33.1 Å². The minimum atomic E-state index is -0.454. The average Bonchev–Trinajstić information content (AvgIpc) is 3.20. The normalized spacial score (nSPS) is 18.5. The molecule has 0 aliphatic carbocycles. The molecule has 0 saturated carbocycles. The second kappa shape index (κ2) is 7.91. The van der Waals surface area contributed by atoms with Crippen LogP contribution in [0.3, 0.4) is 0 Å². The van der Waals surface area contributed by atoms with Gasteiger partial charge in [-0.25, -0.2) is 9.97 Å². The maximum absolute atomic E-state index is 12.6. The number of likely N-dealkylation sites (tertiary alicyclic amines) is 1. The maximum Gasteiger partial charge on any atom is 0.246 e. The van der Waals surface area contributed by atoms with Gasteiger partial charge in [0.25, 0.3) is 0 Å². The van der Waals surface area contributed by atoms with E-state index in [-0.39, 0.29) is 11.8 Å². The first kappa shape index (κ1) is 19.5. The Kier molecular flexibility index (Phi) is 5.32. The second-order valence-corrected chi connectivity index (χ2v) is 9.05. The number of fused-ring (bicyclic) bond motifs is 1. The molecule has 0 aromatic carbocycles. The fourth-order valence-electron chi connectivity index (χ4n) is 3.61. The van der Waals surface area contributed by atoms with Gasteiger partial charge in [0.05, 0.1) is 0 Å². The Morgan fingerprint density at radius 3 is 2.79 bits per heavy atom. The highest BCUT2D eigenvalue weighted by molar-refractivity contribution is 7.10. The summed E-state index contributed by atoms with van der Waals surface area (Å²) < 4.78 is 0. The highest BCUT2D eigenvalue weighted by Crippen LogP contribution is 2.32. The highest BCUT2D eigenvalue weighted by atomic mass is 32.1. The molecular formula is C22H24N4O2S. The van der Waals surface area contributed by atoms with Crippen LogP contribution < -0.4 is 5.32 Å². The van der Waals surface area contributed by atoms with E-state index in [2.05, 4.69) is 21.4 Å². The summed E-state index contributed by atoms with van der Waals surface area (Å²) >= 11 is 1.63. The third-order valence-electron chi connectivity index (χ3n) is 5.38. The molecule has 2 aromatic heterocycles. The fourth-order valence-corrected chi connectivity index (χ4v) is 4.23. The van der Waals surface area contributed by atoms with E-state index in [0.29, 0.717) is 12.2 Å². The predicted octanol–water partition coefficient (Wildman–Crippen LogP) is 3.78. The van der Waals surface area contributed by atoms with E-state index in [1.807, 2.05) is 36.4 Å². The van der Waals surface area contributed by atoms with Gasteiger partial charge in [-0.1, -0.05) is 19.4 Å². The molecular weight excluding hydrogens is 384 g/mol. The van der Waals surface area contributed by atoms with E-state index in [1.54, 1.807) is 29.7 Å². The Bertz CT molecular complexity index is 982. The molecule has 29 heavy (non-hydrogen) atoms. The minimum absolute atomic E-state index is 0.00986. The Hall–Kier alpha value is -2.80. The van der Waals surface area contributed by atoms with Gasteiger partial charge in [-0.05, 0) is 48.6 Å². The van der Waals surface area contributed by atoms with Crippen LogP contribution in [0.15, 0.2) is 35.5 Å². The number of rotatable bonds is 3. The molecule has 2 amide bonds. The molecule has 0 bridgehead atoms. The second-order valence-electron chi connectivity index (χ2n) is 8.12. The maximum atomic E-state index is 12.6. The molecule has 2 aliphatic heterocycles. The summed E-state index contributed by atoms with van der Waals surface area (Å²) in [6.07, 6.45) is 11.5. The lowest BCUT2D eigenvalue weighted by Gasteiger charge is -2.29. The molecule has 1 N–H and O–H groups in total. The SMILES string of the molecule is CC1(C)Cc2cc(/C=C/C(=O)N3CCC(=Cc4nccs4)CC3)cnc2NC1=O. The number of aromatic nitrogens is 2. The molecule has 0 spiro atoms. The quantitative estimate of drug-likeness (QED) is 0.785. The molecule has 1 saturated heterocycles. The van der Waals surface area contributed by atoms with Gasteiger partial charge >= 0.3 is 0 Å². The number of nitrogens with zero attached hydrogens (tertiary/aromatic N) is 3. The number of carbonyl (C=O) groups is 2. The summed E-state index contributed by atoms with van der Waals surface area (Å²) in [6, 6.07) is 2.00. The molecule has 4 heterocycles. The molecule has 0 unspecified atom stereocenters. The van der Waals surface area contributed by atoms with Crippen molar-refractivity contribution in [1.82, 2.24) is 14.9 Å². The summed E-state index contributed by atoms with van der Waals surface area (Å²) in [5.41, 5.74) is 2.76.